The Kier molecular flexibility index (Phi) is 9.22. The maximum Gasteiger partial charge on any atom is -1.00 e. The number of benzene rings is 1. The van der Waals surface area contributed by atoms with Gasteiger partial charge in [-0.25, -0.2) is 0 Å². The Balaban J connectivity index is 0.00000156. The molecule has 0 saturated heterocycles. The van der Waals surface area contributed by atoms with E-state index in [1.54, 1.807) is 11.1 Å². The van der Waals surface area contributed by atoms with Crippen LogP contribution in [0.3, 0.4) is 0 Å². The molecule has 4 heteroatoms. The monoisotopic (exact) mass is 424 g/mol. The molecule has 1 aromatic rings. The molecule has 0 nitrogen and oxygen atoms in total. The third kappa shape index (κ3) is 5.58. The molecule has 0 fully saturated rings. The molecule has 0 bridgehead atoms. The van der Waals surface area contributed by atoms with Crippen molar-refractivity contribution in [1.82, 2.24) is 0 Å². The Morgan fingerprint density at radius 1 is 1.04 bits per heavy atom. The summed E-state index contributed by atoms with van der Waals surface area (Å²) in [6, 6.07) is 12.4. The van der Waals surface area contributed by atoms with Crippen LogP contribution in [0.4, 0.5) is 0 Å². The van der Waals surface area contributed by atoms with Crippen molar-refractivity contribution >= 4 is 6.91 Å². The second kappa shape index (κ2) is 10.1. The molecule has 0 aromatic heterocycles. The fraction of sp³-hybridized carbons (Fsp3) is 0.333. The first-order valence-corrected chi connectivity index (χ1v) is 14.2. The molecule has 25 heavy (non-hydrogen) atoms. The molecule has 0 saturated carbocycles. The van der Waals surface area contributed by atoms with E-state index in [-0.39, 0.29) is 24.8 Å². The Bertz CT molecular complexity index is 770. The second-order valence-electron chi connectivity index (χ2n) is 6.94. The van der Waals surface area contributed by atoms with Gasteiger partial charge in [0.2, 0.25) is 0 Å². The van der Waals surface area contributed by atoms with E-state index in [4.69, 9.17) is 0 Å². The molecule has 0 amide bonds. The molecule has 0 heterocycles. The smallest absolute Gasteiger partial charge is 1.00 e. The van der Waals surface area contributed by atoms with E-state index in [1.807, 2.05) is 7.76 Å². The van der Waals surface area contributed by atoms with Crippen LogP contribution in [0.5, 0.6) is 0 Å². The minimum absolute atomic E-state index is 0. The number of halogens is 2. The molecule has 1 atom stereocenters. The van der Waals surface area contributed by atoms with Crippen LogP contribution in [0.25, 0.3) is 0 Å². The number of rotatable bonds is 4. The quantitative estimate of drug-likeness (QED) is 0.559. The predicted molar refractivity (Wildman–Crippen MR) is 99.4 cm³/mol. The number of allylic oxidation sites excluding steroid dienone is 8. The van der Waals surface area contributed by atoms with Gasteiger partial charge in [-0.05, 0) is 0 Å². The van der Waals surface area contributed by atoms with Crippen molar-refractivity contribution in [3.8, 4) is 0 Å². The number of hydrogen-bond donors (Lipinski definition) is 0. The minimum Gasteiger partial charge on any atom is -1.00 e. The van der Waals surface area contributed by atoms with Crippen molar-refractivity contribution in [1.29, 1.82) is 0 Å². The van der Waals surface area contributed by atoms with E-state index in [2.05, 4.69) is 76.3 Å². The van der Waals surface area contributed by atoms with Crippen LogP contribution in [0.15, 0.2) is 73.0 Å². The summed E-state index contributed by atoms with van der Waals surface area (Å²) in [5.74, 6) is 0.675. The zero-order valence-corrected chi connectivity index (χ0v) is 19.7. The van der Waals surface area contributed by atoms with Crippen molar-refractivity contribution in [2.75, 3.05) is 0 Å². The van der Waals surface area contributed by atoms with Gasteiger partial charge >= 0.3 is 148 Å². The van der Waals surface area contributed by atoms with Gasteiger partial charge in [-0.2, -0.15) is 0 Å². The van der Waals surface area contributed by atoms with E-state index in [9.17, 15) is 0 Å². The summed E-state index contributed by atoms with van der Waals surface area (Å²) in [5.41, 5.74) is 6.18. The largest absolute Gasteiger partial charge is 1.00 e. The summed E-state index contributed by atoms with van der Waals surface area (Å²) in [4.78, 5) is 0. The van der Waals surface area contributed by atoms with Crippen LogP contribution >= 0.6 is 0 Å². The van der Waals surface area contributed by atoms with Crippen LogP contribution in [-0.2, 0) is 22.7 Å². The predicted octanol–water partition coefficient (Wildman–Crippen LogP) is -0.732. The van der Waals surface area contributed by atoms with Crippen molar-refractivity contribution < 1.29 is 41.4 Å². The molecule has 3 rings (SSSR count). The summed E-state index contributed by atoms with van der Waals surface area (Å²) in [5, 5.41) is 0. The standard InChI is InChI=1S/C7H8Si.2C7H9.2ClH.Ti/c8-6-7-4-2-1-3-5-7;2*1-6-3-4-7(2)5-6;;;/h1-5,8H,6H2;5H,3H2,1-2H3;3,5,7H,1-2H3;2*1H;/q;;;;;+2/p-2. The Morgan fingerprint density at radius 3 is 2.24 bits per heavy atom. The summed E-state index contributed by atoms with van der Waals surface area (Å²) < 4.78 is 3.68. The normalized spacial score (nSPS) is 19.0. The third-order valence-electron chi connectivity index (χ3n) is 4.80. The molecule has 0 N–H and O–H groups in total. The van der Waals surface area contributed by atoms with Crippen LogP contribution in [-0.4, -0.2) is 6.91 Å². The maximum atomic E-state index is 2.53. The summed E-state index contributed by atoms with van der Waals surface area (Å²) in [6.45, 7) is 9.84. The van der Waals surface area contributed by atoms with Crippen LogP contribution in [0.1, 0.15) is 39.7 Å². The van der Waals surface area contributed by atoms with Crippen molar-refractivity contribution in [3.05, 3.63) is 78.6 Å². The van der Waals surface area contributed by atoms with E-state index in [1.165, 1.54) is 23.6 Å². The van der Waals surface area contributed by atoms with Crippen LogP contribution in [0.2, 0.25) is 0 Å². The summed E-state index contributed by atoms with van der Waals surface area (Å²) in [7, 11) is 0. The zero-order valence-electron chi connectivity index (χ0n) is 15.4. The summed E-state index contributed by atoms with van der Waals surface area (Å²) in [6.07, 6.45) is 8.69. The molecular formula is C21H26Cl2SiTi. The Hall–Kier alpha value is -0.309. The van der Waals surface area contributed by atoms with E-state index < -0.39 is 16.6 Å². The Labute approximate surface area is 172 Å². The van der Waals surface area contributed by atoms with E-state index >= 15 is 0 Å². The van der Waals surface area contributed by atoms with Gasteiger partial charge in [0, 0.05) is 0 Å². The van der Waals surface area contributed by atoms with E-state index in [0.717, 1.165) is 0 Å². The van der Waals surface area contributed by atoms with Crippen LogP contribution in [0, 0.1) is 5.92 Å². The van der Waals surface area contributed by atoms with Gasteiger partial charge in [-0.15, -0.1) is 0 Å². The first-order chi connectivity index (χ1) is 11.0. The molecule has 2 aliphatic carbocycles. The Morgan fingerprint density at radius 2 is 1.72 bits per heavy atom. The molecule has 132 valence electrons. The van der Waals surface area contributed by atoms with Crippen molar-refractivity contribution in [3.63, 3.8) is 0 Å². The first-order valence-electron chi connectivity index (χ1n) is 8.56. The molecule has 2 aliphatic rings. The fourth-order valence-electron chi connectivity index (χ4n) is 3.71. The third-order valence-corrected chi connectivity index (χ3v) is 15.4. The SMILES string of the molecule is CC1=CC(C)[C](/[Ti+2](=[SiH]\Cc2ccccc2)[C]2=C(C)C=C(C)C2)=C1.[Cl-].[Cl-]. The van der Waals surface area contributed by atoms with Crippen molar-refractivity contribution in [2.45, 2.75) is 40.2 Å². The van der Waals surface area contributed by atoms with Gasteiger partial charge < -0.3 is 24.8 Å². The average Bonchev–Trinajstić information content (AvgIpc) is 3.02. The van der Waals surface area contributed by atoms with Gasteiger partial charge in [0.1, 0.15) is 0 Å². The van der Waals surface area contributed by atoms with Gasteiger partial charge in [-0.3, -0.25) is 0 Å². The van der Waals surface area contributed by atoms with Gasteiger partial charge in [-0.1, -0.05) is 0 Å². The topological polar surface area (TPSA) is 0 Å². The molecule has 0 aliphatic heterocycles. The molecule has 1 aromatic carbocycles. The molecule has 0 spiro atoms. The van der Waals surface area contributed by atoms with Gasteiger partial charge in [0.05, 0.1) is 0 Å². The van der Waals surface area contributed by atoms with Gasteiger partial charge in [0.25, 0.3) is 0 Å². The fourth-order valence-corrected chi connectivity index (χ4v) is 15.6. The summed E-state index contributed by atoms with van der Waals surface area (Å²) >= 11 is -1.31. The second-order valence-corrected chi connectivity index (χ2v) is 15.2. The molecule has 0 radical (unpaired) electrons. The molecular weight excluding hydrogens is 399 g/mol. The average molecular weight is 425 g/mol. The molecule has 1 unspecified atom stereocenters. The maximum absolute atomic E-state index is 2.53. The van der Waals surface area contributed by atoms with Gasteiger partial charge in [0.15, 0.2) is 0 Å². The zero-order chi connectivity index (χ0) is 16.4. The van der Waals surface area contributed by atoms with Crippen molar-refractivity contribution in [2.24, 2.45) is 5.92 Å². The van der Waals surface area contributed by atoms with Crippen LogP contribution < -0.4 is 24.8 Å². The first kappa shape index (κ1) is 22.7. The number of hydrogen-bond acceptors (Lipinski definition) is 0. The van der Waals surface area contributed by atoms with E-state index in [0.29, 0.717) is 12.8 Å². The minimum atomic E-state index is -1.31.